The first-order valence-corrected chi connectivity index (χ1v) is 7.93. The first-order valence-electron chi connectivity index (χ1n) is 7.93. The summed E-state index contributed by atoms with van der Waals surface area (Å²) >= 11 is 0. The summed E-state index contributed by atoms with van der Waals surface area (Å²) in [7, 11) is 0. The molecule has 1 saturated carbocycles. The molecule has 21 heavy (non-hydrogen) atoms. The number of ether oxygens (including phenoxy) is 1. The monoisotopic (exact) mass is 285 g/mol. The minimum Gasteiger partial charge on any atom is -0.385 e. The van der Waals surface area contributed by atoms with E-state index in [1.54, 1.807) is 6.07 Å². The van der Waals surface area contributed by atoms with Crippen molar-refractivity contribution in [2.75, 3.05) is 6.61 Å². The number of nitrogens with zero attached hydrogens (tertiary/aromatic N) is 1. The van der Waals surface area contributed by atoms with Crippen molar-refractivity contribution in [3.63, 3.8) is 0 Å². The van der Waals surface area contributed by atoms with Crippen LogP contribution in [0.1, 0.15) is 56.6 Å². The van der Waals surface area contributed by atoms with Gasteiger partial charge in [-0.1, -0.05) is 25.0 Å². The van der Waals surface area contributed by atoms with E-state index >= 15 is 0 Å². The van der Waals surface area contributed by atoms with Crippen LogP contribution in [0, 0.1) is 17.2 Å². The molecule has 1 aliphatic heterocycles. The fourth-order valence-corrected chi connectivity index (χ4v) is 4.01. The van der Waals surface area contributed by atoms with Gasteiger partial charge < -0.3 is 9.84 Å². The number of hydrogen-bond donors (Lipinski definition) is 1. The zero-order valence-corrected chi connectivity index (χ0v) is 12.6. The summed E-state index contributed by atoms with van der Waals surface area (Å²) in [4.78, 5) is 0. The van der Waals surface area contributed by atoms with Crippen LogP contribution in [-0.2, 0) is 10.3 Å². The quantitative estimate of drug-likeness (QED) is 0.904. The van der Waals surface area contributed by atoms with E-state index in [1.165, 1.54) is 12.8 Å². The van der Waals surface area contributed by atoms with E-state index < -0.39 is 5.60 Å². The highest BCUT2D eigenvalue weighted by molar-refractivity contribution is 5.35. The van der Waals surface area contributed by atoms with Gasteiger partial charge in [0.15, 0.2) is 0 Å². The molecule has 1 spiro atoms. The molecule has 1 N–H and O–H groups in total. The maximum atomic E-state index is 11.1. The highest BCUT2D eigenvalue weighted by Gasteiger charge is 2.45. The minimum atomic E-state index is -0.897. The first-order chi connectivity index (χ1) is 10.1. The Labute approximate surface area is 126 Å². The number of benzene rings is 1. The normalized spacial score (nSPS) is 27.2. The molecule has 0 radical (unpaired) electrons. The van der Waals surface area contributed by atoms with Crippen LogP contribution in [0.15, 0.2) is 24.3 Å². The average molecular weight is 285 g/mol. The molecule has 2 unspecified atom stereocenters. The molecule has 0 bridgehead atoms. The maximum absolute atomic E-state index is 11.1. The van der Waals surface area contributed by atoms with Crippen molar-refractivity contribution in [1.82, 2.24) is 0 Å². The van der Waals surface area contributed by atoms with E-state index in [4.69, 9.17) is 10.00 Å². The summed E-state index contributed by atoms with van der Waals surface area (Å²) in [6, 6.07) is 9.53. The van der Waals surface area contributed by atoms with E-state index in [1.807, 2.05) is 25.1 Å². The Bertz CT molecular complexity index is 553. The zero-order chi connectivity index (χ0) is 14.9. The lowest BCUT2D eigenvalue weighted by molar-refractivity contribution is -0.138. The van der Waals surface area contributed by atoms with Gasteiger partial charge in [-0.2, -0.15) is 5.26 Å². The number of rotatable bonds is 2. The SMILES string of the molecule is CC(O)(c1cccc(C#N)c1)C1CCOC2(CCCC2)C1. The van der Waals surface area contributed by atoms with E-state index in [0.29, 0.717) is 5.56 Å². The van der Waals surface area contributed by atoms with E-state index in [2.05, 4.69) is 6.07 Å². The summed E-state index contributed by atoms with van der Waals surface area (Å²) in [5.41, 5.74) is 0.559. The van der Waals surface area contributed by atoms with Crippen molar-refractivity contribution in [2.45, 2.75) is 56.7 Å². The van der Waals surface area contributed by atoms with Gasteiger partial charge >= 0.3 is 0 Å². The molecule has 2 atom stereocenters. The molecule has 0 amide bonds. The molecular formula is C18H23NO2. The molecule has 1 aliphatic carbocycles. The molecular weight excluding hydrogens is 262 g/mol. The van der Waals surface area contributed by atoms with E-state index in [-0.39, 0.29) is 11.5 Å². The Morgan fingerprint density at radius 3 is 2.86 bits per heavy atom. The van der Waals surface area contributed by atoms with Gasteiger partial charge in [0.2, 0.25) is 0 Å². The molecule has 1 saturated heterocycles. The van der Waals surface area contributed by atoms with Crippen molar-refractivity contribution < 1.29 is 9.84 Å². The molecule has 112 valence electrons. The van der Waals surface area contributed by atoms with Crippen LogP contribution >= 0.6 is 0 Å². The van der Waals surface area contributed by atoms with Gasteiger partial charge in [0.25, 0.3) is 0 Å². The average Bonchev–Trinajstić information content (AvgIpc) is 2.95. The Balaban J connectivity index is 1.85. The van der Waals surface area contributed by atoms with E-state index in [0.717, 1.165) is 37.9 Å². The largest absolute Gasteiger partial charge is 0.385 e. The summed E-state index contributed by atoms with van der Waals surface area (Å²) < 4.78 is 6.07. The Hall–Kier alpha value is -1.37. The highest BCUT2D eigenvalue weighted by atomic mass is 16.5. The summed E-state index contributed by atoms with van der Waals surface area (Å²) in [5.74, 6) is 0.193. The predicted molar refractivity (Wildman–Crippen MR) is 80.6 cm³/mol. The summed E-state index contributed by atoms with van der Waals surface area (Å²) in [6.07, 6.45) is 6.52. The van der Waals surface area contributed by atoms with E-state index in [9.17, 15) is 5.11 Å². The van der Waals surface area contributed by atoms with Crippen molar-refractivity contribution in [2.24, 2.45) is 5.92 Å². The Morgan fingerprint density at radius 1 is 1.38 bits per heavy atom. The van der Waals surface area contributed by atoms with Gasteiger partial charge in [-0.25, -0.2) is 0 Å². The molecule has 0 aromatic heterocycles. The minimum absolute atomic E-state index is 0.000252. The van der Waals surface area contributed by atoms with Crippen LogP contribution in [0.4, 0.5) is 0 Å². The number of nitriles is 1. The predicted octanol–water partition coefficient (Wildman–Crippen LogP) is 3.51. The van der Waals surface area contributed by atoms with Gasteiger partial charge in [0.05, 0.1) is 22.8 Å². The van der Waals surface area contributed by atoms with Gasteiger partial charge in [-0.15, -0.1) is 0 Å². The standard InChI is InChI=1S/C18H23NO2/c1-17(20,15-6-4-5-14(11-15)13-19)16-7-10-21-18(12-16)8-2-3-9-18/h4-6,11,16,20H,2-3,7-10,12H2,1H3. The van der Waals surface area contributed by atoms with Crippen LogP contribution in [0.3, 0.4) is 0 Å². The van der Waals surface area contributed by atoms with Gasteiger partial charge in [-0.3, -0.25) is 0 Å². The molecule has 2 aliphatic rings. The lowest BCUT2D eigenvalue weighted by atomic mass is 9.73. The zero-order valence-electron chi connectivity index (χ0n) is 12.6. The molecule has 2 fully saturated rings. The van der Waals surface area contributed by atoms with Gasteiger partial charge in [0.1, 0.15) is 0 Å². The third kappa shape index (κ3) is 2.71. The Morgan fingerprint density at radius 2 is 2.14 bits per heavy atom. The summed E-state index contributed by atoms with van der Waals surface area (Å²) in [6.45, 7) is 2.63. The van der Waals surface area contributed by atoms with Crippen LogP contribution in [0.25, 0.3) is 0 Å². The third-order valence-corrected chi connectivity index (χ3v) is 5.38. The van der Waals surface area contributed by atoms with Crippen molar-refractivity contribution in [1.29, 1.82) is 5.26 Å². The van der Waals surface area contributed by atoms with Crippen LogP contribution < -0.4 is 0 Å². The maximum Gasteiger partial charge on any atom is 0.0991 e. The Kier molecular flexibility index (Phi) is 3.77. The second-order valence-corrected chi connectivity index (χ2v) is 6.77. The highest BCUT2D eigenvalue weighted by Crippen LogP contribution is 2.47. The molecule has 1 aromatic rings. The second-order valence-electron chi connectivity index (χ2n) is 6.77. The molecule has 1 aromatic carbocycles. The van der Waals surface area contributed by atoms with Gasteiger partial charge in [-0.05, 0) is 56.2 Å². The molecule has 3 rings (SSSR count). The molecule has 3 nitrogen and oxygen atoms in total. The summed E-state index contributed by atoms with van der Waals surface area (Å²) in [5, 5.41) is 20.2. The number of hydrogen-bond acceptors (Lipinski definition) is 3. The number of aliphatic hydroxyl groups is 1. The first kappa shape index (κ1) is 14.6. The lowest BCUT2D eigenvalue weighted by Gasteiger charge is -2.44. The topological polar surface area (TPSA) is 53.2 Å². The molecule has 3 heteroatoms. The van der Waals surface area contributed by atoms with Crippen molar-refractivity contribution >= 4 is 0 Å². The second kappa shape index (κ2) is 5.44. The van der Waals surface area contributed by atoms with Crippen molar-refractivity contribution in [3.8, 4) is 6.07 Å². The van der Waals surface area contributed by atoms with Crippen LogP contribution in [-0.4, -0.2) is 17.3 Å². The fourth-order valence-electron chi connectivity index (χ4n) is 4.01. The molecule has 1 heterocycles. The smallest absolute Gasteiger partial charge is 0.0991 e. The van der Waals surface area contributed by atoms with Gasteiger partial charge in [0, 0.05) is 6.61 Å². The van der Waals surface area contributed by atoms with Crippen LogP contribution in [0.2, 0.25) is 0 Å². The van der Waals surface area contributed by atoms with Crippen molar-refractivity contribution in [3.05, 3.63) is 35.4 Å². The fraction of sp³-hybridized carbons (Fsp3) is 0.611. The lowest BCUT2D eigenvalue weighted by Crippen LogP contribution is -2.44. The van der Waals surface area contributed by atoms with Crippen LogP contribution in [0.5, 0.6) is 0 Å². The third-order valence-electron chi connectivity index (χ3n) is 5.38.